The van der Waals surface area contributed by atoms with Gasteiger partial charge in [-0.1, -0.05) is 13.8 Å². The van der Waals surface area contributed by atoms with Gasteiger partial charge in [-0.3, -0.25) is 9.69 Å². The monoisotopic (exact) mass is 428 g/mol. The molecule has 0 bridgehead atoms. The molecule has 3 atom stereocenters. The van der Waals surface area contributed by atoms with E-state index >= 15 is 0 Å². The molecule has 0 aromatic carbocycles. The van der Waals surface area contributed by atoms with Gasteiger partial charge in [-0.2, -0.15) is 4.98 Å². The molecule has 4 heterocycles. The molecule has 1 unspecified atom stereocenters. The number of carbonyl (C=O) groups excluding carboxylic acids is 1. The summed E-state index contributed by atoms with van der Waals surface area (Å²) in [4.78, 5) is 43.8. The number of carbonyl (C=O) groups is 1. The van der Waals surface area contributed by atoms with Crippen LogP contribution in [-0.4, -0.2) is 61.4 Å². The molecular weight excluding hydrogens is 404 g/mol. The minimum absolute atomic E-state index is 0.00768. The van der Waals surface area contributed by atoms with Gasteiger partial charge in [0.2, 0.25) is 5.13 Å². The molecule has 1 aliphatic carbocycles. The molecule has 11 heteroatoms. The van der Waals surface area contributed by atoms with Crippen LogP contribution in [0.4, 0.5) is 15.7 Å². The van der Waals surface area contributed by atoms with Crippen LogP contribution in [-0.2, 0) is 0 Å². The Morgan fingerprint density at radius 3 is 2.70 bits per heavy atom. The second kappa shape index (κ2) is 6.53. The van der Waals surface area contributed by atoms with Gasteiger partial charge >= 0.3 is 11.7 Å². The minimum Gasteiger partial charge on any atom is -0.356 e. The van der Waals surface area contributed by atoms with Crippen molar-refractivity contribution in [2.75, 3.05) is 30.4 Å². The standard InChI is InChI=1S/C19H24N8O2S/c1-18-6-11(26(3)14-12-4-5-20-13(12)21-10-22-14)7-19(18,2)9-27(8-18)17(29)24-16-23-15(28)25-30-16/h4-5,10-11H,6-9H2,1-3H3,(H,20,21,22)(H2,23,24,25,28,29)/t11?,18-,19+. The SMILES string of the molecule is CN(c1ncnc2[nH]ccc12)C1C[C@@]2(C)CN(C(=O)Nc3nc(=O)[nH]s3)C[C@@]2(C)C1. The topological polar surface area (TPSA) is 123 Å². The van der Waals surface area contributed by atoms with Crippen molar-refractivity contribution in [2.45, 2.75) is 32.7 Å². The largest absolute Gasteiger partial charge is 0.357 e. The minimum atomic E-state index is -0.445. The van der Waals surface area contributed by atoms with E-state index in [0.29, 0.717) is 24.3 Å². The first-order valence-corrected chi connectivity index (χ1v) is 10.7. The number of nitrogens with one attached hydrogen (secondary N) is 3. The van der Waals surface area contributed by atoms with Gasteiger partial charge in [0.05, 0.1) is 5.39 Å². The van der Waals surface area contributed by atoms with Crippen molar-refractivity contribution in [1.82, 2.24) is 29.2 Å². The summed E-state index contributed by atoms with van der Waals surface area (Å²) in [5.41, 5.74) is 0.379. The van der Waals surface area contributed by atoms with E-state index in [1.165, 1.54) is 0 Å². The van der Waals surface area contributed by atoms with E-state index in [9.17, 15) is 9.59 Å². The number of anilines is 2. The van der Waals surface area contributed by atoms with Gasteiger partial charge in [0, 0.05) is 32.4 Å². The Labute approximate surface area is 176 Å². The summed E-state index contributed by atoms with van der Waals surface area (Å²) in [7, 11) is 2.09. The van der Waals surface area contributed by atoms with Gasteiger partial charge < -0.3 is 14.8 Å². The molecule has 3 N–H and O–H groups in total. The number of nitrogens with zero attached hydrogens (tertiary/aromatic N) is 5. The summed E-state index contributed by atoms with van der Waals surface area (Å²) in [6.07, 6.45) is 5.42. The summed E-state index contributed by atoms with van der Waals surface area (Å²) < 4.78 is 2.49. The average Bonchev–Trinajstić information content (AvgIpc) is 3.42. The van der Waals surface area contributed by atoms with E-state index < -0.39 is 5.69 Å². The lowest BCUT2D eigenvalue weighted by Gasteiger charge is -2.31. The predicted octanol–water partition coefficient (Wildman–Crippen LogP) is 2.26. The van der Waals surface area contributed by atoms with Crippen LogP contribution in [0, 0.1) is 10.8 Å². The fourth-order valence-corrected chi connectivity index (χ4v) is 5.69. The third-order valence-corrected chi connectivity index (χ3v) is 7.73. The number of hydrogen-bond donors (Lipinski definition) is 3. The molecule has 0 radical (unpaired) electrons. The Bertz CT molecular complexity index is 1150. The van der Waals surface area contributed by atoms with Crippen molar-refractivity contribution in [1.29, 1.82) is 0 Å². The predicted molar refractivity (Wildman–Crippen MR) is 115 cm³/mol. The van der Waals surface area contributed by atoms with Crippen molar-refractivity contribution in [2.24, 2.45) is 10.8 Å². The van der Waals surface area contributed by atoms with Gasteiger partial charge in [0.25, 0.3) is 0 Å². The van der Waals surface area contributed by atoms with Gasteiger partial charge in [-0.15, -0.1) is 0 Å². The van der Waals surface area contributed by atoms with Gasteiger partial charge in [0.1, 0.15) is 17.8 Å². The second-order valence-corrected chi connectivity index (χ2v) is 9.74. The van der Waals surface area contributed by atoms with E-state index in [2.05, 4.69) is 55.4 Å². The van der Waals surface area contributed by atoms with Crippen LogP contribution in [0.25, 0.3) is 11.0 Å². The molecule has 0 spiro atoms. The van der Waals surface area contributed by atoms with Crippen LogP contribution in [0.5, 0.6) is 0 Å². The molecule has 158 valence electrons. The lowest BCUT2D eigenvalue weighted by molar-refractivity contribution is 0.184. The molecule has 1 aliphatic heterocycles. The number of urea groups is 1. The Morgan fingerprint density at radius 1 is 1.30 bits per heavy atom. The van der Waals surface area contributed by atoms with Crippen molar-refractivity contribution < 1.29 is 4.79 Å². The highest BCUT2D eigenvalue weighted by Gasteiger charge is 2.59. The molecule has 10 nitrogen and oxygen atoms in total. The zero-order chi connectivity index (χ0) is 21.1. The molecule has 2 aliphatic rings. The highest BCUT2D eigenvalue weighted by atomic mass is 32.1. The third-order valence-electron chi connectivity index (χ3n) is 7.06. The first kappa shape index (κ1) is 19.0. The highest BCUT2D eigenvalue weighted by Crippen LogP contribution is 2.58. The maximum Gasteiger partial charge on any atom is 0.357 e. The lowest BCUT2D eigenvalue weighted by Crippen LogP contribution is -2.38. The smallest absolute Gasteiger partial charge is 0.356 e. The number of H-pyrrole nitrogens is 2. The van der Waals surface area contributed by atoms with E-state index in [4.69, 9.17) is 0 Å². The quantitative estimate of drug-likeness (QED) is 0.588. The Kier molecular flexibility index (Phi) is 4.14. The maximum absolute atomic E-state index is 12.7. The Morgan fingerprint density at radius 2 is 2.03 bits per heavy atom. The molecule has 5 rings (SSSR count). The highest BCUT2D eigenvalue weighted by molar-refractivity contribution is 7.09. The second-order valence-electron chi connectivity index (χ2n) is 8.94. The Balaban J connectivity index is 1.33. The third kappa shape index (κ3) is 2.87. The van der Waals surface area contributed by atoms with E-state index in [0.717, 1.165) is 41.2 Å². The van der Waals surface area contributed by atoms with E-state index in [1.807, 2.05) is 17.2 Å². The van der Waals surface area contributed by atoms with Gasteiger partial charge in [-0.25, -0.2) is 19.6 Å². The van der Waals surface area contributed by atoms with E-state index in [1.54, 1.807) is 6.33 Å². The normalized spacial score (nSPS) is 28.1. The van der Waals surface area contributed by atoms with Crippen LogP contribution in [0.1, 0.15) is 26.7 Å². The number of amides is 2. The van der Waals surface area contributed by atoms with Crippen molar-refractivity contribution in [3.8, 4) is 0 Å². The number of aromatic amines is 2. The van der Waals surface area contributed by atoms with Gasteiger partial charge in [0.15, 0.2) is 0 Å². The molecule has 3 aromatic heterocycles. The van der Waals surface area contributed by atoms with Crippen molar-refractivity contribution in [3.63, 3.8) is 0 Å². The molecule has 3 aromatic rings. The maximum atomic E-state index is 12.7. The summed E-state index contributed by atoms with van der Waals surface area (Å²) in [6.45, 7) is 5.88. The van der Waals surface area contributed by atoms with E-state index in [-0.39, 0.29) is 16.9 Å². The zero-order valence-corrected chi connectivity index (χ0v) is 17.9. The summed E-state index contributed by atoms with van der Waals surface area (Å²) in [5, 5.41) is 4.06. The number of fused-ring (bicyclic) bond motifs is 2. The summed E-state index contributed by atoms with van der Waals surface area (Å²) in [6, 6.07) is 2.13. The molecule has 30 heavy (non-hydrogen) atoms. The molecule has 2 fully saturated rings. The lowest BCUT2D eigenvalue weighted by atomic mass is 9.71. The zero-order valence-electron chi connectivity index (χ0n) is 17.1. The van der Waals surface area contributed by atoms with Crippen LogP contribution in [0.2, 0.25) is 0 Å². The molecular formula is C19H24N8O2S. The molecule has 2 amide bonds. The van der Waals surface area contributed by atoms with Gasteiger partial charge in [-0.05, 0) is 41.3 Å². The summed E-state index contributed by atoms with van der Waals surface area (Å²) >= 11 is 1.03. The first-order valence-electron chi connectivity index (χ1n) is 9.90. The molecule has 1 saturated carbocycles. The first-order chi connectivity index (χ1) is 14.3. The number of aromatic nitrogens is 5. The van der Waals surface area contributed by atoms with Crippen molar-refractivity contribution in [3.05, 3.63) is 29.1 Å². The van der Waals surface area contributed by atoms with Crippen LogP contribution in [0.15, 0.2) is 23.4 Å². The number of hydrogen-bond acceptors (Lipinski definition) is 7. The average molecular weight is 429 g/mol. The van der Waals surface area contributed by atoms with Crippen LogP contribution in [0.3, 0.4) is 0 Å². The number of rotatable bonds is 3. The summed E-state index contributed by atoms with van der Waals surface area (Å²) in [5.74, 6) is 0.932. The fourth-order valence-electron chi connectivity index (χ4n) is 5.20. The molecule has 1 saturated heterocycles. The fraction of sp³-hybridized carbons (Fsp3) is 0.526. The number of likely N-dealkylation sites (tertiary alicyclic amines) is 1. The van der Waals surface area contributed by atoms with Crippen molar-refractivity contribution >= 4 is 39.5 Å². The Hall–Kier alpha value is -2.95. The van der Waals surface area contributed by atoms with Crippen LogP contribution >= 0.6 is 11.5 Å². The van der Waals surface area contributed by atoms with Crippen LogP contribution < -0.4 is 15.9 Å².